The Morgan fingerprint density at radius 3 is 2.23 bits per heavy atom. The maximum Gasteiger partial charge on any atom is 0.309 e. The van der Waals surface area contributed by atoms with Gasteiger partial charge < -0.3 is 19.3 Å². The molecule has 1 saturated heterocycles. The van der Waals surface area contributed by atoms with Crippen LogP contribution in [0.5, 0.6) is 11.5 Å². The summed E-state index contributed by atoms with van der Waals surface area (Å²) in [7, 11) is 2.87. The molecule has 1 heterocycles. The van der Waals surface area contributed by atoms with Crippen LogP contribution in [0.15, 0.2) is 72.3 Å². The zero-order valence-electron chi connectivity index (χ0n) is 23.3. The first-order valence-electron chi connectivity index (χ1n) is 13.1. The number of anilines is 1. The van der Waals surface area contributed by atoms with Gasteiger partial charge in [0.25, 0.3) is 11.7 Å². The highest BCUT2D eigenvalue weighted by atomic mass is 16.5. The maximum atomic E-state index is 13.5. The predicted octanol–water partition coefficient (Wildman–Crippen LogP) is 5.56. The van der Waals surface area contributed by atoms with Crippen molar-refractivity contribution in [3.05, 3.63) is 94.6 Å². The largest absolute Gasteiger partial charge is 0.507 e. The van der Waals surface area contributed by atoms with Crippen LogP contribution in [0.1, 0.15) is 55.0 Å². The Hall–Kier alpha value is -4.59. The Balaban J connectivity index is 1.86. The number of methoxy groups -OCH3 is 2. The lowest BCUT2D eigenvalue weighted by Crippen LogP contribution is -2.29. The number of hydrogen-bond acceptors (Lipinski definition) is 7. The molecule has 3 aromatic rings. The summed E-state index contributed by atoms with van der Waals surface area (Å²) in [4.78, 5) is 40.1. The summed E-state index contributed by atoms with van der Waals surface area (Å²) in [5.74, 6) is -0.807. The van der Waals surface area contributed by atoms with Crippen molar-refractivity contribution >= 4 is 29.1 Å². The molecule has 0 spiro atoms. The second-order valence-corrected chi connectivity index (χ2v) is 9.70. The fraction of sp³-hybridized carbons (Fsp3) is 0.281. The van der Waals surface area contributed by atoms with Gasteiger partial charge in [0.15, 0.2) is 0 Å². The Kier molecular flexibility index (Phi) is 8.58. The van der Waals surface area contributed by atoms with Crippen molar-refractivity contribution in [2.45, 2.75) is 39.2 Å². The average Bonchev–Trinajstić information content (AvgIpc) is 3.23. The molecule has 1 unspecified atom stereocenters. The Labute approximate surface area is 233 Å². The number of nitrogens with zero attached hydrogens (tertiary/aromatic N) is 1. The minimum Gasteiger partial charge on any atom is -0.507 e. The standard InChI is InChI=1S/C32H33NO7/c1-6-40-26-16-11-22(18-25(26)19(2)3)30(35)28-29(21-9-14-24(38-4)15-10-21)33(32(37)31(28)36)23-12-7-20(8-13-23)17-27(34)39-5/h7-16,18-19,29,35H,6,17H2,1-5H3/b30-28-. The molecule has 0 aliphatic carbocycles. The van der Waals surface area contributed by atoms with Crippen LogP contribution in [0.2, 0.25) is 0 Å². The van der Waals surface area contributed by atoms with Crippen LogP contribution in [0, 0.1) is 0 Å². The van der Waals surface area contributed by atoms with Crippen LogP contribution in [0.25, 0.3) is 5.76 Å². The highest BCUT2D eigenvalue weighted by molar-refractivity contribution is 6.51. The summed E-state index contributed by atoms with van der Waals surface area (Å²) in [6.07, 6.45) is 0.0768. The topological polar surface area (TPSA) is 102 Å². The molecule has 40 heavy (non-hydrogen) atoms. The van der Waals surface area contributed by atoms with E-state index in [0.29, 0.717) is 40.5 Å². The monoisotopic (exact) mass is 543 g/mol. The van der Waals surface area contributed by atoms with Gasteiger partial charge >= 0.3 is 5.97 Å². The number of ether oxygens (including phenoxy) is 3. The third kappa shape index (κ3) is 5.57. The van der Waals surface area contributed by atoms with Crippen LogP contribution in [0.3, 0.4) is 0 Å². The molecular formula is C32H33NO7. The van der Waals surface area contributed by atoms with E-state index in [-0.39, 0.29) is 29.6 Å². The third-order valence-corrected chi connectivity index (χ3v) is 6.87. The molecule has 8 nitrogen and oxygen atoms in total. The highest BCUT2D eigenvalue weighted by Crippen LogP contribution is 2.43. The number of carbonyl (C=O) groups excluding carboxylic acids is 3. The quantitative estimate of drug-likeness (QED) is 0.163. The SMILES string of the molecule is CCOc1ccc(/C(O)=C2/C(=O)C(=O)N(c3ccc(CC(=O)OC)cc3)C2c2ccc(OC)cc2)cc1C(C)C. The fourth-order valence-corrected chi connectivity index (χ4v) is 4.80. The fourth-order valence-electron chi connectivity index (χ4n) is 4.80. The minimum absolute atomic E-state index is 0.0207. The summed E-state index contributed by atoms with van der Waals surface area (Å²) in [5.41, 5.74) is 3.04. The van der Waals surface area contributed by atoms with Gasteiger partial charge in [-0.15, -0.1) is 0 Å². The van der Waals surface area contributed by atoms with E-state index in [9.17, 15) is 19.5 Å². The Morgan fingerprint density at radius 1 is 0.975 bits per heavy atom. The summed E-state index contributed by atoms with van der Waals surface area (Å²) < 4.78 is 15.8. The zero-order chi connectivity index (χ0) is 29.0. The molecule has 8 heteroatoms. The normalized spacial score (nSPS) is 16.4. The summed E-state index contributed by atoms with van der Waals surface area (Å²) in [5, 5.41) is 11.6. The van der Waals surface area contributed by atoms with Crippen molar-refractivity contribution in [2.75, 3.05) is 25.7 Å². The lowest BCUT2D eigenvalue weighted by Gasteiger charge is -2.26. The summed E-state index contributed by atoms with van der Waals surface area (Å²) in [6, 6.07) is 18.1. The molecule has 3 aromatic carbocycles. The molecular weight excluding hydrogens is 510 g/mol. The van der Waals surface area contributed by atoms with Crippen LogP contribution in [0.4, 0.5) is 5.69 Å². The van der Waals surface area contributed by atoms with Gasteiger partial charge in [-0.1, -0.05) is 38.1 Å². The van der Waals surface area contributed by atoms with Crippen molar-refractivity contribution in [3.63, 3.8) is 0 Å². The zero-order valence-corrected chi connectivity index (χ0v) is 23.3. The molecule has 0 radical (unpaired) electrons. The highest BCUT2D eigenvalue weighted by Gasteiger charge is 2.47. The number of esters is 1. The number of amides is 1. The minimum atomic E-state index is -0.897. The van der Waals surface area contributed by atoms with Crippen LogP contribution >= 0.6 is 0 Å². The predicted molar refractivity (Wildman–Crippen MR) is 152 cm³/mol. The van der Waals surface area contributed by atoms with E-state index < -0.39 is 17.7 Å². The van der Waals surface area contributed by atoms with Crippen LogP contribution < -0.4 is 14.4 Å². The van der Waals surface area contributed by atoms with Gasteiger partial charge in [-0.2, -0.15) is 0 Å². The first-order chi connectivity index (χ1) is 19.2. The van der Waals surface area contributed by atoms with Gasteiger partial charge in [0.1, 0.15) is 17.3 Å². The molecule has 1 fully saturated rings. The Bertz CT molecular complexity index is 1440. The van der Waals surface area contributed by atoms with Gasteiger partial charge in [0, 0.05) is 11.3 Å². The van der Waals surface area contributed by atoms with E-state index >= 15 is 0 Å². The number of aliphatic hydroxyl groups excluding tert-OH is 1. The van der Waals surface area contributed by atoms with E-state index in [1.165, 1.54) is 12.0 Å². The van der Waals surface area contributed by atoms with Crippen molar-refractivity contribution in [1.82, 2.24) is 0 Å². The second kappa shape index (κ2) is 12.1. The first-order valence-corrected chi connectivity index (χ1v) is 13.1. The summed E-state index contributed by atoms with van der Waals surface area (Å²) >= 11 is 0. The number of benzene rings is 3. The number of hydrogen-bond donors (Lipinski definition) is 1. The number of Topliss-reactive ketones (excluding diaryl/α,β-unsaturated/α-hetero) is 1. The Morgan fingerprint density at radius 2 is 1.65 bits per heavy atom. The van der Waals surface area contributed by atoms with E-state index in [1.807, 2.05) is 20.8 Å². The molecule has 0 aromatic heterocycles. The van der Waals surface area contributed by atoms with Crippen LogP contribution in [-0.4, -0.2) is 43.6 Å². The van der Waals surface area contributed by atoms with Gasteiger partial charge in [-0.25, -0.2) is 0 Å². The molecule has 0 saturated carbocycles. The molecule has 208 valence electrons. The molecule has 1 atom stereocenters. The lowest BCUT2D eigenvalue weighted by atomic mass is 9.93. The van der Waals surface area contributed by atoms with E-state index in [0.717, 1.165) is 5.56 Å². The first kappa shape index (κ1) is 28.4. The van der Waals surface area contributed by atoms with Crippen molar-refractivity contribution < 1.29 is 33.7 Å². The van der Waals surface area contributed by atoms with Gasteiger partial charge in [-0.05, 0) is 72.0 Å². The molecule has 0 bridgehead atoms. The van der Waals surface area contributed by atoms with Crippen LogP contribution in [-0.2, 0) is 25.5 Å². The molecule has 1 N–H and O–H groups in total. The molecule has 1 aliphatic heterocycles. The molecule has 1 amide bonds. The summed E-state index contributed by atoms with van der Waals surface area (Å²) in [6.45, 7) is 6.42. The maximum absolute atomic E-state index is 13.5. The second-order valence-electron chi connectivity index (χ2n) is 9.70. The van der Waals surface area contributed by atoms with Crippen molar-refractivity contribution in [3.8, 4) is 11.5 Å². The average molecular weight is 544 g/mol. The number of ketones is 1. The molecule has 1 aliphatic rings. The number of rotatable bonds is 9. The smallest absolute Gasteiger partial charge is 0.309 e. The van der Waals surface area contributed by atoms with E-state index in [1.54, 1.807) is 73.8 Å². The van der Waals surface area contributed by atoms with E-state index in [2.05, 4.69) is 0 Å². The van der Waals surface area contributed by atoms with Gasteiger partial charge in [-0.3, -0.25) is 19.3 Å². The van der Waals surface area contributed by atoms with E-state index in [4.69, 9.17) is 14.2 Å². The van der Waals surface area contributed by atoms with Crippen molar-refractivity contribution in [2.24, 2.45) is 0 Å². The molecule has 4 rings (SSSR count). The lowest BCUT2D eigenvalue weighted by molar-refractivity contribution is -0.139. The van der Waals surface area contributed by atoms with Gasteiger partial charge in [0.2, 0.25) is 0 Å². The van der Waals surface area contributed by atoms with Gasteiger partial charge in [0.05, 0.1) is 38.9 Å². The third-order valence-electron chi connectivity index (χ3n) is 6.87. The number of aliphatic hydroxyl groups is 1. The number of carbonyl (C=O) groups is 3. The van der Waals surface area contributed by atoms with Crippen molar-refractivity contribution in [1.29, 1.82) is 0 Å².